The molecule has 14 heavy (non-hydrogen) atoms. The predicted molar refractivity (Wildman–Crippen MR) is 53.2 cm³/mol. The van der Waals surface area contributed by atoms with Crippen LogP contribution in [-0.4, -0.2) is 12.5 Å². The van der Waals surface area contributed by atoms with Gasteiger partial charge in [0.2, 0.25) is 0 Å². The zero-order valence-electron chi connectivity index (χ0n) is 7.49. The fourth-order valence-electron chi connectivity index (χ4n) is 1.65. The average Bonchev–Trinajstić information content (AvgIpc) is 2.23. The van der Waals surface area contributed by atoms with Crippen LogP contribution < -0.4 is 5.32 Å². The molecule has 0 bridgehead atoms. The molecule has 1 N–H and O–H groups in total. The van der Waals surface area contributed by atoms with E-state index in [0.717, 1.165) is 0 Å². The van der Waals surface area contributed by atoms with Crippen molar-refractivity contribution < 1.29 is 8.78 Å². The van der Waals surface area contributed by atoms with Crippen LogP contribution in [0.3, 0.4) is 0 Å². The van der Waals surface area contributed by atoms with Gasteiger partial charge in [0.25, 0.3) is 5.92 Å². The Morgan fingerprint density at radius 3 is 2.93 bits per heavy atom. The standard InChI is InChI=1S/C10H10ClF2N/c11-8-3-1-2-7-6-10(12,13)4-5-14-9(7)8/h1-3,14H,4-6H2. The minimum Gasteiger partial charge on any atom is -0.383 e. The molecule has 0 spiro atoms. The average molecular weight is 218 g/mol. The van der Waals surface area contributed by atoms with Crippen molar-refractivity contribution >= 4 is 17.3 Å². The van der Waals surface area contributed by atoms with Crippen LogP contribution in [0.2, 0.25) is 5.02 Å². The lowest BCUT2D eigenvalue weighted by molar-refractivity contribution is -0.00195. The number of rotatable bonds is 0. The quantitative estimate of drug-likeness (QED) is 0.703. The van der Waals surface area contributed by atoms with E-state index in [2.05, 4.69) is 5.32 Å². The first-order valence-corrected chi connectivity index (χ1v) is 4.85. The van der Waals surface area contributed by atoms with E-state index in [1.165, 1.54) is 0 Å². The zero-order valence-corrected chi connectivity index (χ0v) is 8.24. The maximum Gasteiger partial charge on any atom is 0.253 e. The Morgan fingerprint density at radius 1 is 1.36 bits per heavy atom. The first-order chi connectivity index (χ1) is 6.58. The molecule has 76 valence electrons. The van der Waals surface area contributed by atoms with Gasteiger partial charge in [-0.15, -0.1) is 0 Å². The summed E-state index contributed by atoms with van der Waals surface area (Å²) in [4.78, 5) is 0. The number of alkyl halides is 2. The first kappa shape index (κ1) is 9.71. The third-order valence-corrected chi connectivity index (χ3v) is 2.66. The van der Waals surface area contributed by atoms with E-state index in [1.807, 2.05) is 0 Å². The molecular formula is C10H10ClF2N. The SMILES string of the molecule is FC1(F)CCNc2c(Cl)cccc2C1. The Labute approximate surface area is 86.1 Å². The third-order valence-electron chi connectivity index (χ3n) is 2.34. The van der Waals surface area contributed by atoms with Gasteiger partial charge in [0.05, 0.1) is 10.7 Å². The van der Waals surface area contributed by atoms with E-state index in [4.69, 9.17) is 11.6 Å². The van der Waals surface area contributed by atoms with Crippen LogP contribution in [0.4, 0.5) is 14.5 Å². The normalized spacial score (nSPS) is 19.4. The second-order valence-corrected chi connectivity index (χ2v) is 3.89. The maximum atomic E-state index is 13.2. The molecule has 1 aromatic rings. The largest absolute Gasteiger partial charge is 0.383 e. The highest BCUT2D eigenvalue weighted by molar-refractivity contribution is 6.33. The van der Waals surface area contributed by atoms with Gasteiger partial charge in [-0.2, -0.15) is 0 Å². The Morgan fingerprint density at radius 2 is 2.14 bits per heavy atom. The van der Waals surface area contributed by atoms with Crippen molar-refractivity contribution in [2.45, 2.75) is 18.8 Å². The molecule has 1 aromatic carbocycles. The maximum absolute atomic E-state index is 13.2. The van der Waals surface area contributed by atoms with Crippen molar-refractivity contribution in [2.24, 2.45) is 0 Å². The van der Waals surface area contributed by atoms with Gasteiger partial charge in [0.15, 0.2) is 0 Å². The fraction of sp³-hybridized carbons (Fsp3) is 0.400. The summed E-state index contributed by atoms with van der Waals surface area (Å²) in [7, 11) is 0. The van der Waals surface area contributed by atoms with E-state index in [-0.39, 0.29) is 19.4 Å². The second-order valence-electron chi connectivity index (χ2n) is 3.48. The van der Waals surface area contributed by atoms with Crippen molar-refractivity contribution in [1.82, 2.24) is 0 Å². The number of anilines is 1. The lowest BCUT2D eigenvalue weighted by Gasteiger charge is -2.12. The monoisotopic (exact) mass is 217 g/mol. The van der Waals surface area contributed by atoms with Crippen LogP contribution in [0.25, 0.3) is 0 Å². The van der Waals surface area contributed by atoms with Crippen LogP contribution in [0.5, 0.6) is 0 Å². The van der Waals surface area contributed by atoms with E-state index >= 15 is 0 Å². The zero-order chi connectivity index (χ0) is 10.2. The Balaban J connectivity index is 2.42. The summed E-state index contributed by atoms with van der Waals surface area (Å²) in [5, 5.41) is 3.45. The van der Waals surface area contributed by atoms with E-state index in [0.29, 0.717) is 16.3 Å². The number of para-hydroxylation sites is 1. The van der Waals surface area contributed by atoms with Crippen LogP contribution in [0.1, 0.15) is 12.0 Å². The van der Waals surface area contributed by atoms with Crippen molar-refractivity contribution in [2.75, 3.05) is 11.9 Å². The lowest BCUT2D eigenvalue weighted by Crippen LogP contribution is -2.19. The van der Waals surface area contributed by atoms with Gasteiger partial charge in [-0.05, 0) is 11.6 Å². The Hall–Kier alpha value is -0.830. The van der Waals surface area contributed by atoms with Gasteiger partial charge in [-0.25, -0.2) is 8.78 Å². The molecule has 1 aliphatic heterocycles. The van der Waals surface area contributed by atoms with Gasteiger partial charge in [-0.1, -0.05) is 23.7 Å². The summed E-state index contributed by atoms with van der Waals surface area (Å²) in [5.41, 5.74) is 1.26. The van der Waals surface area contributed by atoms with E-state index in [9.17, 15) is 8.78 Å². The van der Waals surface area contributed by atoms with E-state index in [1.54, 1.807) is 18.2 Å². The van der Waals surface area contributed by atoms with Gasteiger partial charge in [-0.3, -0.25) is 0 Å². The molecule has 1 heterocycles. The number of hydrogen-bond donors (Lipinski definition) is 1. The molecular weight excluding hydrogens is 208 g/mol. The number of fused-ring (bicyclic) bond motifs is 1. The Bertz CT molecular complexity index is 352. The molecule has 4 heteroatoms. The van der Waals surface area contributed by atoms with Gasteiger partial charge in [0, 0.05) is 19.4 Å². The molecule has 0 saturated heterocycles. The summed E-state index contributed by atoms with van der Waals surface area (Å²) >= 11 is 5.90. The number of hydrogen-bond acceptors (Lipinski definition) is 1. The molecule has 0 radical (unpaired) electrons. The molecule has 0 amide bonds. The summed E-state index contributed by atoms with van der Waals surface area (Å²) in [6.45, 7) is 0.268. The van der Waals surface area contributed by atoms with Gasteiger partial charge in [0.1, 0.15) is 0 Å². The van der Waals surface area contributed by atoms with Crippen molar-refractivity contribution in [3.8, 4) is 0 Å². The first-order valence-electron chi connectivity index (χ1n) is 4.48. The molecule has 0 fully saturated rings. The molecule has 0 unspecified atom stereocenters. The van der Waals surface area contributed by atoms with Crippen LogP contribution in [-0.2, 0) is 6.42 Å². The van der Waals surface area contributed by atoms with E-state index < -0.39 is 5.92 Å². The van der Waals surface area contributed by atoms with Crippen LogP contribution in [0.15, 0.2) is 18.2 Å². The van der Waals surface area contributed by atoms with Crippen molar-refractivity contribution in [3.05, 3.63) is 28.8 Å². The van der Waals surface area contributed by atoms with Gasteiger partial charge < -0.3 is 5.32 Å². The molecule has 0 saturated carbocycles. The minimum absolute atomic E-state index is 0.141. The Kier molecular flexibility index (Phi) is 2.35. The summed E-state index contributed by atoms with van der Waals surface area (Å²) < 4.78 is 26.4. The second kappa shape index (κ2) is 3.39. The smallest absolute Gasteiger partial charge is 0.253 e. The number of benzene rings is 1. The topological polar surface area (TPSA) is 12.0 Å². The third kappa shape index (κ3) is 1.82. The molecule has 0 atom stereocenters. The summed E-state index contributed by atoms with van der Waals surface area (Å²) in [5.74, 6) is -2.62. The highest BCUT2D eigenvalue weighted by Crippen LogP contribution is 2.34. The molecule has 1 aliphatic rings. The van der Waals surface area contributed by atoms with Crippen LogP contribution >= 0.6 is 11.6 Å². The summed E-state index contributed by atoms with van der Waals surface area (Å²) in [6, 6.07) is 5.09. The molecule has 2 rings (SSSR count). The molecule has 1 nitrogen and oxygen atoms in total. The highest BCUT2D eigenvalue weighted by Gasteiger charge is 2.32. The predicted octanol–water partition coefficient (Wildman–Crippen LogP) is 3.33. The lowest BCUT2D eigenvalue weighted by atomic mass is 10.1. The van der Waals surface area contributed by atoms with Crippen molar-refractivity contribution in [1.29, 1.82) is 0 Å². The molecule has 0 aliphatic carbocycles. The minimum atomic E-state index is -2.62. The van der Waals surface area contributed by atoms with Gasteiger partial charge >= 0.3 is 0 Å². The fourth-order valence-corrected chi connectivity index (χ4v) is 1.91. The summed E-state index contributed by atoms with van der Waals surface area (Å²) in [6.07, 6.45) is -0.367. The highest BCUT2D eigenvalue weighted by atomic mass is 35.5. The van der Waals surface area contributed by atoms with Crippen LogP contribution in [0, 0.1) is 0 Å². The number of halogens is 3. The molecule has 0 aromatic heterocycles. The number of nitrogens with one attached hydrogen (secondary N) is 1. The van der Waals surface area contributed by atoms with Crippen molar-refractivity contribution in [3.63, 3.8) is 0 Å².